The van der Waals surface area contributed by atoms with Gasteiger partial charge in [-0.25, -0.2) is 4.98 Å². The maximum absolute atomic E-state index is 4.25. The number of nitrogens with one attached hydrogen (secondary N) is 2. The van der Waals surface area contributed by atoms with E-state index in [1.54, 1.807) is 29.7 Å². The fourth-order valence-corrected chi connectivity index (χ4v) is 3.31. The van der Waals surface area contributed by atoms with Crippen LogP contribution in [0.1, 0.15) is 28.3 Å². The summed E-state index contributed by atoms with van der Waals surface area (Å²) in [5, 5.41) is 8.81. The molecule has 116 valence electrons. The molecule has 2 aromatic rings. The van der Waals surface area contributed by atoms with Gasteiger partial charge in [-0.15, -0.1) is 46.7 Å². The number of aryl methyl sites for hydroxylation is 1. The Morgan fingerprint density at radius 1 is 1.38 bits per heavy atom. The number of rotatable bonds is 5. The lowest BCUT2D eigenvalue weighted by Crippen LogP contribution is -2.38. The third-order valence-electron chi connectivity index (χ3n) is 3.09. The van der Waals surface area contributed by atoms with Crippen molar-refractivity contribution < 1.29 is 0 Å². The predicted molar refractivity (Wildman–Crippen MR) is 103 cm³/mol. The van der Waals surface area contributed by atoms with Gasteiger partial charge in [-0.1, -0.05) is 13.0 Å². The minimum absolute atomic E-state index is 0. The molecule has 0 radical (unpaired) electrons. The number of aromatic nitrogens is 1. The minimum atomic E-state index is 0. The van der Waals surface area contributed by atoms with Crippen LogP contribution in [-0.4, -0.2) is 24.5 Å². The zero-order valence-corrected chi connectivity index (χ0v) is 16.4. The lowest BCUT2D eigenvalue weighted by atomic mass is 10.1. The topological polar surface area (TPSA) is 49.3 Å². The van der Waals surface area contributed by atoms with E-state index in [9.17, 15) is 0 Å². The molecular formula is C14H21IN4S2. The Morgan fingerprint density at radius 3 is 2.76 bits per heavy atom. The Kier molecular flexibility index (Phi) is 8.20. The molecule has 0 bridgehead atoms. The Bertz CT molecular complexity index is 551. The lowest BCUT2D eigenvalue weighted by Gasteiger charge is -2.15. The largest absolute Gasteiger partial charge is 0.356 e. The number of nitrogens with zero attached hydrogens (tertiary/aromatic N) is 2. The van der Waals surface area contributed by atoms with Crippen LogP contribution in [0.15, 0.2) is 28.0 Å². The van der Waals surface area contributed by atoms with Gasteiger partial charge in [-0.3, -0.25) is 4.99 Å². The van der Waals surface area contributed by atoms with Crippen molar-refractivity contribution in [2.24, 2.45) is 4.99 Å². The Morgan fingerprint density at radius 2 is 2.19 bits per heavy atom. The van der Waals surface area contributed by atoms with E-state index >= 15 is 0 Å². The van der Waals surface area contributed by atoms with Crippen LogP contribution < -0.4 is 10.6 Å². The standard InChI is InChI=1S/C14H20N4S2.HI/c1-10(12-5-4-6-19-12)7-16-14(15-3)17-8-13-11(2)18-9-20-13;/h4-6,9-10H,7-8H2,1-3H3,(H2,15,16,17);1H. The van der Waals surface area contributed by atoms with Crippen LogP contribution in [0.5, 0.6) is 0 Å². The monoisotopic (exact) mass is 436 g/mol. The maximum Gasteiger partial charge on any atom is 0.191 e. The smallest absolute Gasteiger partial charge is 0.191 e. The van der Waals surface area contributed by atoms with E-state index in [0.29, 0.717) is 5.92 Å². The Labute approximate surface area is 151 Å². The summed E-state index contributed by atoms with van der Waals surface area (Å²) in [7, 11) is 1.80. The normalized spacial score (nSPS) is 12.6. The molecule has 2 N–H and O–H groups in total. The zero-order chi connectivity index (χ0) is 14.4. The van der Waals surface area contributed by atoms with Gasteiger partial charge in [-0.05, 0) is 18.4 Å². The summed E-state index contributed by atoms with van der Waals surface area (Å²) in [6.07, 6.45) is 0. The second-order valence-electron chi connectivity index (χ2n) is 4.58. The summed E-state index contributed by atoms with van der Waals surface area (Å²) in [6, 6.07) is 4.27. The molecule has 0 saturated heterocycles. The highest BCUT2D eigenvalue weighted by Gasteiger charge is 2.08. The van der Waals surface area contributed by atoms with Crippen LogP contribution in [0, 0.1) is 6.92 Å². The highest BCUT2D eigenvalue weighted by atomic mass is 127. The van der Waals surface area contributed by atoms with E-state index in [1.165, 1.54) is 9.75 Å². The van der Waals surface area contributed by atoms with Gasteiger partial charge < -0.3 is 10.6 Å². The number of guanidine groups is 1. The van der Waals surface area contributed by atoms with Crippen molar-refractivity contribution in [2.75, 3.05) is 13.6 Å². The first-order chi connectivity index (χ1) is 9.70. The van der Waals surface area contributed by atoms with Crippen molar-refractivity contribution in [2.45, 2.75) is 26.3 Å². The van der Waals surface area contributed by atoms with E-state index in [4.69, 9.17) is 0 Å². The number of halogens is 1. The van der Waals surface area contributed by atoms with Crippen molar-refractivity contribution in [1.29, 1.82) is 0 Å². The van der Waals surface area contributed by atoms with E-state index in [-0.39, 0.29) is 24.0 Å². The van der Waals surface area contributed by atoms with Gasteiger partial charge in [-0.2, -0.15) is 0 Å². The molecule has 0 aliphatic carbocycles. The molecule has 0 aliphatic rings. The summed E-state index contributed by atoms with van der Waals surface area (Å²) in [6.45, 7) is 5.90. The van der Waals surface area contributed by atoms with E-state index < -0.39 is 0 Å². The van der Waals surface area contributed by atoms with Gasteiger partial charge in [0.2, 0.25) is 0 Å². The number of hydrogen-bond acceptors (Lipinski definition) is 4. The third-order valence-corrected chi connectivity index (χ3v) is 5.13. The van der Waals surface area contributed by atoms with Crippen molar-refractivity contribution in [1.82, 2.24) is 15.6 Å². The summed E-state index contributed by atoms with van der Waals surface area (Å²) >= 11 is 3.47. The molecule has 21 heavy (non-hydrogen) atoms. The molecule has 0 fully saturated rings. The number of thiazole rings is 1. The summed E-state index contributed by atoms with van der Waals surface area (Å²) in [4.78, 5) is 11.1. The minimum Gasteiger partial charge on any atom is -0.356 e. The van der Waals surface area contributed by atoms with Gasteiger partial charge in [0.15, 0.2) is 5.96 Å². The fraction of sp³-hybridized carbons (Fsp3) is 0.429. The van der Waals surface area contributed by atoms with Gasteiger partial charge in [0.1, 0.15) is 0 Å². The van der Waals surface area contributed by atoms with E-state index in [0.717, 1.165) is 24.7 Å². The van der Waals surface area contributed by atoms with Crippen molar-refractivity contribution >= 4 is 52.6 Å². The molecular weight excluding hydrogens is 415 g/mol. The molecule has 0 aliphatic heterocycles. The predicted octanol–water partition coefficient (Wildman–Crippen LogP) is 3.60. The Hall–Kier alpha value is -0.670. The van der Waals surface area contributed by atoms with Gasteiger partial charge in [0.25, 0.3) is 0 Å². The van der Waals surface area contributed by atoms with Crippen LogP contribution >= 0.6 is 46.7 Å². The van der Waals surface area contributed by atoms with E-state index in [1.807, 2.05) is 12.4 Å². The van der Waals surface area contributed by atoms with Crippen LogP contribution in [0.25, 0.3) is 0 Å². The molecule has 2 heterocycles. The van der Waals surface area contributed by atoms with Crippen LogP contribution in [0.2, 0.25) is 0 Å². The van der Waals surface area contributed by atoms with E-state index in [2.05, 4.69) is 45.0 Å². The first-order valence-electron chi connectivity index (χ1n) is 6.57. The number of thiophene rings is 1. The number of aliphatic imine (C=N–C) groups is 1. The summed E-state index contributed by atoms with van der Waals surface area (Å²) in [5.41, 5.74) is 2.96. The second kappa shape index (κ2) is 9.37. The van der Waals surface area contributed by atoms with Crippen molar-refractivity contribution in [3.8, 4) is 0 Å². The quantitative estimate of drug-likeness (QED) is 0.428. The van der Waals surface area contributed by atoms with Crippen LogP contribution in [0.3, 0.4) is 0 Å². The fourth-order valence-electron chi connectivity index (χ4n) is 1.80. The molecule has 0 aromatic carbocycles. The highest BCUT2D eigenvalue weighted by molar-refractivity contribution is 14.0. The van der Waals surface area contributed by atoms with Crippen molar-refractivity contribution in [3.05, 3.63) is 38.5 Å². The maximum atomic E-state index is 4.25. The third kappa shape index (κ3) is 5.55. The molecule has 1 atom stereocenters. The van der Waals surface area contributed by atoms with Gasteiger partial charge in [0, 0.05) is 29.3 Å². The first kappa shape index (κ1) is 18.4. The van der Waals surface area contributed by atoms with Crippen LogP contribution in [0.4, 0.5) is 0 Å². The number of hydrogen-bond donors (Lipinski definition) is 2. The molecule has 2 rings (SSSR count). The molecule has 2 aromatic heterocycles. The zero-order valence-electron chi connectivity index (χ0n) is 12.4. The Balaban J connectivity index is 0.00000220. The average molecular weight is 436 g/mol. The summed E-state index contributed by atoms with van der Waals surface area (Å²) in [5.74, 6) is 1.32. The first-order valence-corrected chi connectivity index (χ1v) is 8.33. The molecule has 1 unspecified atom stereocenters. The SMILES string of the molecule is CN=C(NCc1scnc1C)NCC(C)c1cccs1.I. The van der Waals surface area contributed by atoms with Crippen molar-refractivity contribution in [3.63, 3.8) is 0 Å². The average Bonchev–Trinajstić information content (AvgIpc) is 3.10. The lowest BCUT2D eigenvalue weighted by molar-refractivity contribution is 0.709. The molecule has 7 heteroatoms. The highest BCUT2D eigenvalue weighted by Crippen LogP contribution is 2.19. The molecule has 0 saturated carbocycles. The second-order valence-corrected chi connectivity index (χ2v) is 6.50. The summed E-state index contributed by atoms with van der Waals surface area (Å²) < 4.78 is 0. The van der Waals surface area contributed by atoms with Gasteiger partial charge in [0.05, 0.1) is 17.7 Å². The molecule has 4 nitrogen and oxygen atoms in total. The molecule has 0 amide bonds. The molecule has 0 spiro atoms. The van der Waals surface area contributed by atoms with Gasteiger partial charge >= 0.3 is 0 Å². The van der Waals surface area contributed by atoms with Crippen LogP contribution in [-0.2, 0) is 6.54 Å².